The minimum atomic E-state index is -3.50. The van der Waals surface area contributed by atoms with E-state index in [9.17, 15) is 0 Å². The second-order valence-corrected chi connectivity index (χ2v) is 48.3. The summed E-state index contributed by atoms with van der Waals surface area (Å²) in [7, 11) is 20.2. The van der Waals surface area contributed by atoms with Gasteiger partial charge in [0.2, 0.25) is 0 Å². The average molecular weight is 517 g/mol. The molecule has 0 bridgehead atoms. The largest absolute Gasteiger partial charge is 1.00 e. The molecule has 0 aliphatic rings. The van der Waals surface area contributed by atoms with Crippen LogP contribution in [0.4, 0.5) is 0 Å². The van der Waals surface area contributed by atoms with Crippen LogP contribution < -0.4 is 59.1 Å². The molecule has 0 spiro atoms. The number of hydrogen-bond acceptors (Lipinski definition) is 4. The van der Waals surface area contributed by atoms with E-state index in [1.807, 2.05) is 0 Å². The molecule has 13 heavy (non-hydrogen) atoms. The van der Waals surface area contributed by atoms with Crippen molar-refractivity contribution >= 4 is 56.1 Å². The molecule has 0 aromatic rings. The second-order valence-electron chi connectivity index (χ2n) is 0.742. The van der Waals surface area contributed by atoms with Gasteiger partial charge in [-0.2, -0.15) is 16.8 Å². The Balaban J connectivity index is -0.0000000240. The predicted molar refractivity (Wildman–Crippen MR) is 41.3 cm³/mol. The molecule has 0 atom stereocenters. The minimum absolute atomic E-state index is 0. The maximum atomic E-state index is 8.29. The summed E-state index contributed by atoms with van der Waals surface area (Å²) in [6.07, 6.45) is 0. The van der Waals surface area contributed by atoms with Crippen LogP contribution in [0.1, 0.15) is 0 Å². The van der Waals surface area contributed by atoms with E-state index >= 15 is 0 Å². The fraction of sp³-hybridized carbons (Fsp3) is 0. The SMILES string of the molecule is O=S=O.O=S=O.[Cl][Hg-2]([Cl])([Cl])[Cl].[Na+].[Na+]. The zero-order valence-corrected chi connectivity index (χ0v) is 20.8. The Morgan fingerprint density at radius 3 is 0.692 bits per heavy atom. The van der Waals surface area contributed by atoms with Crippen LogP contribution in [-0.2, 0) is 39.7 Å². The van der Waals surface area contributed by atoms with Crippen LogP contribution in [0.25, 0.3) is 0 Å². The van der Waals surface area contributed by atoms with E-state index < -0.39 is 39.7 Å². The van der Waals surface area contributed by atoms with Gasteiger partial charge < -0.3 is 0 Å². The van der Waals surface area contributed by atoms with Crippen molar-refractivity contribution < 1.29 is 92.5 Å². The normalized spacial score (nSPS) is 6.46. The first-order valence-electron chi connectivity index (χ1n) is 1.74. The first-order valence-corrected chi connectivity index (χ1v) is 30.1. The number of halogens is 4. The van der Waals surface area contributed by atoms with Crippen LogP contribution in [0.2, 0.25) is 0 Å². The molecule has 68 valence electrons. The third-order valence-corrected chi connectivity index (χ3v) is 0. The molecule has 0 amide bonds. The van der Waals surface area contributed by atoms with Crippen molar-refractivity contribution in [3.05, 3.63) is 0 Å². The van der Waals surface area contributed by atoms with Crippen molar-refractivity contribution in [2.45, 2.75) is 0 Å². The Morgan fingerprint density at radius 2 is 0.692 bits per heavy atom. The molecule has 0 saturated heterocycles. The zero-order chi connectivity index (χ0) is 9.91. The maximum absolute atomic E-state index is 8.29. The van der Waals surface area contributed by atoms with E-state index in [0.29, 0.717) is 0 Å². The van der Waals surface area contributed by atoms with E-state index in [1.54, 1.807) is 0 Å². The van der Waals surface area contributed by atoms with Crippen molar-refractivity contribution in [1.29, 1.82) is 0 Å². The van der Waals surface area contributed by atoms with Crippen molar-refractivity contribution in [3.63, 3.8) is 0 Å². The summed E-state index contributed by atoms with van der Waals surface area (Å²) in [5, 5.41) is 0. The van der Waals surface area contributed by atoms with Crippen molar-refractivity contribution in [1.82, 2.24) is 0 Å². The van der Waals surface area contributed by atoms with E-state index in [1.165, 1.54) is 0 Å². The van der Waals surface area contributed by atoms with Crippen LogP contribution in [0.5, 0.6) is 0 Å². The molecule has 13 heteroatoms. The van der Waals surface area contributed by atoms with Gasteiger partial charge in [-0.1, -0.05) is 0 Å². The fourth-order valence-corrected chi connectivity index (χ4v) is 0. The Labute approximate surface area is 145 Å². The molecular formula is Cl4HgNa2O4S2. The molecule has 0 aromatic carbocycles. The molecular weight excluding hydrogens is 517 g/mol. The molecule has 0 aliphatic carbocycles. The molecule has 0 fully saturated rings. The molecule has 0 radical (unpaired) electrons. The zero-order valence-electron chi connectivity index (χ0n) is 6.67. The van der Waals surface area contributed by atoms with Gasteiger partial charge in [-0.05, 0) is 0 Å². The summed E-state index contributed by atoms with van der Waals surface area (Å²) in [6.45, 7) is 0. The summed E-state index contributed by atoms with van der Waals surface area (Å²) in [4.78, 5) is 0. The third kappa shape index (κ3) is 213. The molecule has 0 aliphatic heterocycles. The van der Waals surface area contributed by atoms with Gasteiger partial charge >= 0.3 is 132 Å². The van der Waals surface area contributed by atoms with Crippen LogP contribution in [0.15, 0.2) is 0 Å². The van der Waals surface area contributed by atoms with E-state index in [-0.39, 0.29) is 59.1 Å². The average Bonchev–Trinajstić information content (AvgIpc) is 1.62. The van der Waals surface area contributed by atoms with Crippen molar-refractivity contribution in [2.75, 3.05) is 0 Å². The fourth-order valence-electron chi connectivity index (χ4n) is 0. The standard InChI is InChI=1S/4ClH.Hg.2Na.2O2S/c;;;;;;;2*1-3-2/h4*1H;;;;;/q;;;;+2;2*+1;;/p-4. The van der Waals surface area contributed by atoms with Crippen molar-refractivity contribution in [2.24, 2.45) is 0 Å². The smallest absolute Gasteiger partial charge is 1.00 e. The van der Waals surface area contributed by atoms with Gasteiger partial charge in [0, 0.05) is 0 Å². The maximum Gasteiger partial charge on any atom is 1.00 e. The molecule has 0 saturated carbocycles. The van der Waals surface area contributed by atoms with E-state index in [2.05, 4.69) is 0 Å². The summed E-state index contributed by atoms with van der Waals surface area (Å²) in [5.74, 6) is 0. The van der Waals surface area contributed by atoms with E-state index in [4.69, 9.17) is 49.8 Å². The van der Waals surface area contributed by atoms with Gasteiger partial charge in [0.05, 0.1) is 0 Å². The molecule has 0 rings (SSSR count). The third-order valence-electron chi connectivity index (χ3n) is 0. The quantitative estimate of drug-likeness (QED) is 0.304. The topological polar surface area (TPSA) is 68.3 Å². The Morgan fingerprint density at radius 1 is 0.692 bits per heavy atom. The van der Waals surface area contributed by atoms with Gasteiger partial charge in [-0.15, -0.1) is 0 Å². The van der Waals surface area contributed by atoms with Gasteiger partial charge in [-0.25, -0.2) is 0 Å². The molecule has 4 nitrogen and oxygen atoms in total. The molecule has 0 N–H and O–H groups in total. The van der Waals surface area contributed by atoms with Gasteiger partial charge in [0.1, 0.15) is 0 Å². The molecule has 0 unspecified atom stereocenters. The van der Waals surface area contributed by atoms with Gasteiger partial charge in [-0.3, -0.25) is 0 Å². The summed E-state index contributed by atoms with van der Waals surface area (Å²) >= 11 is -5.00. The van der Waals surface area contributed by atoms with Crippen LogP contribution in [0.3, 0.4) is 0 Å². The second kappa shape index (κ2) is 24.8. The van der Waals surface area contributed by atoms with Gasteiger partial charge in [0.15, 0.2) is 0 Å². The Bertz CT molecular complexity index is 131. The Hall–Kier alpha value is 3.74. The first kappa shape index (κ1) is 30.1. The summed E-state index contributed by atoms with van der Waals surface area (Å²) in [6, 6.07) is 0. The minimum Gasteiger partial charge on any atom is 1.00 e. The van der Waals surface area contributed by atoms with Gasteiger partial charge in [0.25, 0.3) is 0 Å². The summed E-state index contributed by atoms with van der Waals surface area (Å²) < 4.78 is 33.2. The molecule has 0 aromatic heterocycles. The summed E-state index contributed by atoms with van der Waals surface area (Å²) in [5.41, 5.74) is 0. The van der Waals surface area contributed by atoms with Crippen molar-refractivity contribution in [3.8, 4) is 0 Å². The monoisotopic (exact) mass is 516 g/mol. The predicted octanol–water partition coefficient (Wildman–Crippen LogP) is -4.58. The number of hydrogen-bond donors (Lipinski definition) is 0. The van der Waals surface area contributed by atoms with Crippen LogP contribution >= 0.6 is 33.0 Å². The van der Waals surface area contributed by atoms with Crippen LogP contribution in [0, 0.1) is 0 Å². The van der Waals surface area contributed by atoms with Crippen LogP contribution in [-0.4, -0.2) is 16.8 Å². The number of rotatable bonds is 0. The Kier molecular flexibility index (Phi) is 57.4. The molecule has 0 heterocycles. The van der Waals surface area contributed by atoms with E-state index in [0.717, 1.165) is 0 Å². The first-order chi connectivity index (χ1) is 4.83.